The van der Waals surface area contributed by atoms with Crippen LogP contribution in [0.4, 0.5) is 0 Å². The van der Waals surface area contributed by atoms with Crippen molar-refractivity contribution in [2.75, 3.05) is 26.4 Å². The number of ether oxygens (including phenoxy) is 2. The van der Waals surface area contributed by atoms with E-state index in [9.17, 15) is 0 Å². The molecule has 0 bridgehead atoms. The van der Waals surface area contributed by atoms with Crippen molar-refractivity contribution in [2.24, 2.45) is 5.41 Å². The Bertz CT molecular complexity index is 482. The monoisotopic (exact) mass is 276 g/mol. The van der Waals surface area contributed by atoms with Gasteiger partial charge in [0.15, 0.2) is 11.5 Å². The van der Waals surface area contributed by atoms with Crippen LogP contribution in [-0.4, -0.2) is 37.4 Å². The fraction of sp³-hybridized carbons (Fsp3) is 0.625. The summed E-state index contributed by atoms with van der Waals surface area (Å²) in [4.78, 5) is 2.52. The van der Waals surface area contributed by atoms with Crippen molar-refractivity contribution in [2.45, 2.75) is 33.4 Å². The second kappa shape index (κ2) is 5.26. The molecule has 1 aromatic carbocycles. The quantitative estimate of drug-likeness (QED) is 0.898. The van der Waals surface area contributed by atoms with Gasteiger partial charge < -0.3 is 14.8 Å². The van der Waals surface area contributed by atoms with Crippen LogP contribution in [0.3, 0.4) is 0 Å². The SMILES string of the molecule is CC(C)(C)C1CN(Cc2ccc3c(c2)OCO3)CCN1. The smallest absolute Gasteiger partial charge is 0.231 e. The maximum absolute atomic E-state index is 5.45. The van der Waals surface area contributed by atoms with E-state index in [1.54, 1.807) is 0 Å². The molecule has 1 saturated heterocycles. The summed E-state index contributed by atoms with van der Waals surface area (Å²) in [6, 6.07) is 6.81. The van der Waals surface area contributed by atoms with Crippen LogP contribution in [0.1, 0.15) is 26.3 Å². The topological polar surface area (TPSA) is 33.7 Å². The molecule has 4 nitrogen and oxygen atoms in total. The summed E-state index contributed by atoms with van der Waals surface area (Å²) in [5.74, 6) is 1.74. The normalized spacial score (nSPS) is 23.1. The fourth-order valence-corrected chi connectivity index (χ4v) is 2.83. The lowest BCUT2D eigenvalue weighted by Gasteiger charge is -2.40. The number of benzene rings is 1. The zero-order chi connectivity index (χ0) is 14.2. The van der Waals surface area contributed by atoms with E-state index in [1.807, 2.05) is 6.07 Å². The van der Waals surface area contributed by atoms with Crippen molar-refractivity contribution in [1.29, 1.82) is 0 Å². The van der Waals surface area contributed by atoms with Gasteiger partial charge in [0, 0.05) is 32.2 Å². The van der Waals surface area contributed by atoms with Gasteiger partial charge in [0.05, 0.1) is 0 Å². The zero-order valence-corrected chi connectivity index (χ0v) is 12.6. The van der Waals surface area contributed by atoms with Crippen LogP contribution in [0, 0.1) is 5.41 Å². The van der Waals surface area contributed by atoms with Gasteiger partial charge >= 0.3 is 0 Å². The first kappa shape index (κ1) is 13.7. The minimum Gasteiger partial charge on any atom is -0.454 e. The minimum absolute atomic E-state index is 0.299. The highest BCUT2D eigenvalue weighted by atomic mass is 16.7. The number of fused-ring (bicyclic) bond motifs is 1. The van der Waals surface area contributed by atoms with Crippen molar-refractivity contribution in [3.05, 3.63) is 23.8 Å². The maximum atomic E-state index is 5.45. The molecule has 2 aliphatic rings. The fourth-order valence-electron chi connectivity index (χ4n) is 2.83. The molecule has 0 aromatic heterocycles. The Morgan fingerprint density at radius 3 is 2.85 bits per heavy atom. The number of nitrogens with zero attached hydrogens (tertiary/aromatic N) is 1. The number of hydrogen-bond acceptors (Lipinski definition) is 4. The van der Waals surface area contributed by atoms with Crippen LogP contribution in [0.5, 0.6) is 11.5 Å². The molecule has 2 heterocycles. The number of rotatable bonds is 2. The molecule has 0 amide bonds. The lowest BCUT2D eigenvalue weighted by molar-refractivity contribution is 0.129. The molecule has 1 N–H and O–H groups in total. The average Bonchev–Trinajstić information content (AvgIpc) is 2.85. The van der Waals surface area contributed by atoms with Crippen molar-refractivity contribution in [3.63, 3.8) is 0 Å². The molecule has 0 saturated carbocycles. The molecule has 1 fully saturated rings. The molecule has 0 radical (unpaired) electrons. The summed E-state index contributed by atoms with van der Waals surface area (Å²) in [7, 11) is 0. The van der Waals surface area contributed by atoms with E-state index in [0.29, 0.717) is 18.2 Å². The van der Waals surface area contributed by atoms with E-state index >= 15 is 0 Å². The number of nitrogens with one attached hydrogen (secondary N) is 1. The predicted molar refractivity (Wildman–Crippen MR) is 79.1 cm³/mol. The van der Waals surface area contributed by atoms with E-state index in [0.717, 1.165) is 37.7 Å². The molecule has 1 atom stereocenters. The Morgan fingerprint density at radius 2 is 2.05 bits per heavy atom. The van der Waals surface area contributed by atoms with Crippen LogP contribution < -0.4 is 14.8 Å². The molecule has 1 aromatic rings. The summed E-state index contributed by atoms with van der Waals surface area (Å²) in [6.07, 6.45) is 0. The first-order valence-corrected chi connectivity index (χ1v) is 7.37. The van der Waals surface area contributed by atoms with E-state index in [4.69, 9.17) is 9.47 Å². The Hall–Kier alpha value is -1.26. The third kappa shape index (κ3) is 2.91. The predicted octanol–water partition coefficient (Wildman–Crippen LogP) is 2.24. The number of hydrogen-bond donors (Lipinski definition) is 1. The molecule has 2 aliphatic heterocycles. The summed E-state index contributed by atoms with van der Waals surface area (Å²) in [5.41, 5.74) is 1.59. The van der Waals surface area contributed by atoms with Gasteiger partial charge in [-0.2, -0.15) is 0 Å². The van der Waals surface area contributed by atoms with Gasteiger partial charge in [0.1, 0.15) is 0 Å². The Kier molecular flexibility index (Phi) is 3.61. The van der Waals surface area contributed by atoms with Crippen molar-refractivity contribution in [1.82, 2.24) is 10.2 Å². The second-order valence-electron chi connectivity index (χ2n) is 6.80. The number of piperazine rings is 1. The Labute approximate surface area is 121 Å². The van der Waals surface area contributed by atoms with Crippen LogP contribution in [0.15, 0.2) is 18.2 Å². The minimum atomic E-state index is 0.299. The highest BCUT2D eigenvalue weighted by Crippen LogP contribution is 2.33. The maximum Gasteiger partial charge on any atom is 0.231 e. The lowest BCUT2D eigenvalue weighted by Crippen LogP contribution is -2.55. The van der Waals surface area contributed by atoms with E-state index in [1.165, 1.54) is 5.56 Å². The van der Waals surface area contributed by atoms with Gasteiger partial charge in [0.25, 0.3) is 0 Å². The average molecular weight is 276 g/mol. The molecular formula is C16H24N2O2. The molecule has 20 heavy (non-hydrogen) atoms. The lowest BCUT2D eigenvalue weighted by atomic mass is 9.85. The summed E-state index contributed by atoms with van der Waals surface area (Å²) in [6.45, 7) is 11.5. The summed E-state index contributed by atoms with van der Waals surface area (Å²) in [5, 5.41) is 3.63. The molecular weight excluding hydrogens is 252 g/mol. The molecule has 1 unspecified atom stereocenters. The van der Waals surface area contributed by atoms with Gasteiger partial charge in [-0.15, -0.1) is 0 Å². The van der Waals surface area contributed by atoms with Gasteiger partial charge in [-0.05, 0) is 23.1 Å². The van der Waals surface area contributed by atoms with Crippen molar-refractivity contribution < 1.29 is 9.47 Å². The second-order valence-corrected chi connectivity index (χ2v) is 6.80. The van der Waals surface area contributed by atoms with Gasteiger partial charge in [-0.1, -0.05) is 26.8 Å². The third-order valence-corrected chi connectivity index (χ3v) is 4.15. The highest BCUT2D eigenvalue weighted by Gasteiger charge is 2.29. The zero-order valence-electron chi connectivity index (χ0n) is 12.6. The van der Waals surface area contributed by atoms with Crippen LogP contribution >= 0.6 is 0 Å². The van der Waals surface area contributed by atoms with Gasteiger partial charge in [0.2, 0.25) is 6.79 Å². The first-order chi connectivity index (χ1) is 9.52. The highest BCUT2D eigenvalue weighted by molar-refractivity contribution is 5.44. The Morgan fingerprint density at radius 1 is 1.25 bits per heavy atom. The van der Waals surface area contributed by atoms with E-state index < -0.39 is 0 Å². The van der Waals surface area contributed by atoms with Crippen molar-refractivity contribution in [3.8, 4) is 11.5 Å². The third-order valence-electron chi connectivity index (χ3n) is 4.15. The molecule has 0 spiro atoms. The van der Waals surface area contributed by atoms with E-state index in [2.05, 4.69) is 43.1 Å². The Balaban J connectivity index is 1.65. The molecule has 3 rings (SSSR count). The standard InChI is InChI=1S/C16H24N2O2/c1-16(2,3)15-10-18(7-6-17-15)9-12-4-5-13-14(8-12)20-11-19-13/h4-5,8,15,17H,6-7,9-11H2,1-3H3. The van der Waals surface area contributed by atoms with Crippen molar-refractivity contribution >= 4 is 0 Å². The molecule has 110 valence electrons. The van der Waals surface area contributed by atoms with Gasteiger partial charge in [-0.25, -0.2) is 0 Å². The van der Waals surface area contributed by atoms with Crippen LogP contribution in [-0.2, 0) is 6.54 Å². The molecule has 0 aliphatic carbocycles. The summed E-state index contributed by atoms with van der Waals surface area (Å²) < 4.78 is 10.8. The van der Waals surface area contributed by atoms with E-state index in [-0.39, 0.29) is 0 Å². The first-order valence-electron chi connectivity index (χ1n) is 7.37. The van der Waals surface area contributed by atoms with Crippen LogP contribution in [0.2, 0.25) is 0 Å². The molecule has 4 heteroatoms. The van der Waals surface area contributed by atoms with Gasteiger partial charge in [-0.3, -0.25) is 4.90 Å². The largest absolute Gasteiger partial charge is 0.454 e. The van der Waals surface area contributed by atoms with Crippen LogP contribution in [0.25, 0.3) is 0 Å². The summed E-state index contributed by atoms with van der Waals surface area (Å²) >= 11 is 0.